The van der Waals surface area contributed by atoms with Gasteiger partial charge in [0.15, 0.2) is 11.9 Å². The van der Waals surface area contributed by atoms with Crippen molar-refractivity contribution in [1.29, 1.82) is 0 Å². The molecule has 2 aromatic heterocycles. The van der Waals surface area contributed by atoms with E-state index >= 15 is 0 Å². The van der Waals surface area contributed by atoms with Gasteiger partial charge in [0.2, 0.25) is 5.56 Å². The van der Waals surface area contributed by atoms with Gasteiger partial charge in [-0.25, -0.2) is 9.78 Å². The van der Waals surface area contributed by atoms with E-state index in [0.717, 1.165) is 6.07 Å². The van der Waals surface area contributed by atoms with Crippen LogP contribution in [-0.2, 0) is 9.53 Å². The second kappa shape index (κ2) is 7.77. The lowest BCUT2D eigenvalue weighted by Crippen LogP contribution is -2.30. The highest BCUT2D eigenvalue weighted by Crippen LogP contribution is 2.23. The quantitative estimate of drug-likeness (QED) is 0.647. The van der Waals surface area contributed by atoms with E-state index in [9.17, 15) is 14.4 Å². The maximum atomic E-state index is 12.5. The first-order chi connectivity index (χ1) is 12.8. The van der Waals surface area contributed by atoms with Crippen molar-refractivity contribution in [1.82, 2.24) is 9.97 Å². The normalized spacial score (nSPS) is 11.8. The van der Waals surface area contributed by atoms with Gasteiger partial charge in [-0.2, -0.15) is 0 Å². The summed E-state index contributed by atoms with van der Waals surface area (Å²) in [7, 11) is 0. The molecule has 0 unspecified atom stereocenters. The number of hydrogen-bond donors (Lipinski definition) is 2. The van der Waals surface area contributed by atoms with Gasteiger partial charge in [-0.15, -0.1) is 0 Å². The smallest absolute Gasteiger partial charge is 0.339 e. The summed E-state index contributed by atoms with van der Waals surface area (Å²) in [5, 5.41) is 3.43. The van der Waals surface area contributed by atoms with Crippen molar-refractivity contribution in [3.05, 3.63) is 68.6 Å². The predicted octanol–water partition coefficient (Wildman–Crippen LogP) is 3.41. The highest BCUT2D eigenvalue weighted by atomic mass is 35.5. The fourth-order valence-corrected chi connectivity index (χ4v) is 2.80. The highest BCUT2D eigenvalue weighted by molar-refractivity contribution is 6.36. The fraction of sp³-hybridized carbons (Fsp3) is 0.111. The summed E-state index contributed by atoms with van der Waals surface area (Å²) >= 11 is 11.7. The number of ether oxygens (including phenoxy) is 1. The van der Waals surface area contributed by atoms with Gasteiger partial charge in [0.1, 0.15) is 0 Å². The number of nitrogens with one attached hydrogen (secondary N) is 2. The molecule has 1 aromatic carbocycles. The maximum absolute atomic E-state index is 12.5. The lowest BCUT2D eigenvalue weighted by Gasteiger charge is -2.14. The van der Waals surface area contributed by atoms with Crippen molar-refractivity contribution >= 4 is 51.8 Å². The van der Waals surface area contributed by atoms with Gasteiger partial charge in [-0.05, 0) is 19.1 Å². The number of pyridine rings is 2. The number of amides is 1. The number of aromatic nitrogens is 2. The number of anilines is 1. The molecule has 2 N–H and O–H groups in total. The topological polar surface area (TPSA) is 101 Å². The van der Waals surface area contributed by atoms with Crippen LogP contribution in [0.3, 0.4) is 0 Å². The Morgan fingerprint density at radius 1 is 1.22 bits per heavy atom. The molecule has 27 heavy (non-hydrogen) atoms. The van der Waals surface area contributed by atoms with Crippen molar-refractivity contribution in [2.45, 2.75) is 13.0 Å². The number of H-pyrrole nitrogens is 1. The molecule has 0 saturated heterocycles. The van der Waals surface area contributed by atoms with E-state index < -0.39 is 23.5 Å². The number of carbonyl (C=O) groups excluding carboxylic acids is 2. The number of halogens is 2. The first kappa shape index (κ1) is 18.9. The Balaban J connectivity index is 1.78. The second-order valence-corrected chi connectivity index (χ2v) is 6.46. The first-order valence-electron chi connectivity index (χ1n) is 7.80. The summed E-state index contributed by atoms with van der Waals surface area (Å²) in [4.78, 5) is 43.0. The molecule has 3 aromatic rings. The number of para-hydroxylation sites is 1. The van der Waals surface area contributed by atoms with Crippen molar-refractivity contribution in [3.8, 4) is 0 Å². The third kappa shape index (κ3) is 4.27. The molecule has 0 radical (unpaired) electrons. The molecule has 0 aliphatic carbocycles. The van der Waals surface area contributed by atoms with Gasteiger partial charge >= 0.3 is 5.97 Å². The Morgan fingerprint density at radius 3 is 2.70 bits per heavy atom. The molecule has 0 aliphatic rings. The summed E-state index contributed by atoms with van der Waals surface area (Å²) in [6, 6.07) is 9.34. The molecule has 1 amide bonds. The van der Waals surface area contributed by atoms with Crippen LogP contribution in [-0.4, -0.2) is 27.9 Å². The number of nitrogens with zero attached hydrogens (tertiary/aromatic N) is 1. The molecular formula is C18H13Cl2N3O4. The average Bonchev–Trinajstić information content (AvgIpc) is 2.63. The maximum Gasteiger partial charge on any atom is 0.339 e. The van der Waals surface area contributed by atoms with E-state index in [1.165, 1.54) is 19.2 Å². The van der Waals surface area contributed by atoms with Gasteiger partial charge in [0, 0.05) is 23.2 Å². The van der Waals surface area contributed by atoms with Crippen LogP contribution in [0.15, 0.2) is 47.4 Å². The zero-order valence-electron chi connectivity index (χ0n) is 14.0. The zero-order chi connectivity index (χ0) is 19.6. The third-order valence-corrected chi connectivity index (χ3v) is 4.17. The van der Waals surface area contributed by atoms with Crippen LogP contribution < -0.4 is 10.9 Å². The lowest BCUT2D eigenvalue weighted by molar-refractivity contribution is -0.123. The molecule has 0 fully saturated rings. The molecule has 0 aliphatic heterocycles. The number of rotatable bonds is 4. The summed E-state index contributed by atoms with van der Waals surface area (Å²) in [5.41, 5.74) is 0.109. The number of fused-ring (bicyclic) bond motifs is 1. The van der Waals surface area contributed by atoms with Crippen LogP contribution in [0.1, 0.15) is 17.3 Å². The molecule has 0 spiro atoms. The van der Waals surface area contributed by atoms with Crippen molar-refractivity contribution in [3.63, 3.8) is 0 Å². The Hall–Kier alpha value is -2.90. The molecular weight excluding hydrogens is 393 g/mol. The average molecular weight is 406 g/mol. The standard InChI is InChI=1S/C18H13Cl2N3O4/c1-9(17(25)23-16-13(20)6-10(19)8-21-16)27-18(26)12-7-15(24)22-14-5-3-2-4-11(12)14/h2-9H,1H3,(H,22,24)(H,21,23,25)/t9-/m1/s1. The van der Waals surface area contributed by atoms with Crippen LogP contribution in [0.2, 0.25) is 10.0 Å². The highest BCUT2D eigenvalue weighted by Gasteiger charge is 2.22. The van der Waals surface area contributed by atoms with Gasteiger partial charge < -0.3 is 15.0 Å². The molecule has 3 rings (SSSR count). The van der Waals surface area contributed by atoms with E-state index in [1.807, 2.05) is 0 Å². The van der Waals surface area contributed by atoms with E-state index in [-0.39, 0.29) is 16.4 Å². The summed E-state index contributed by atoms with van der Waals surface area (Å²) < 4.78 is 5.20. The fourth-order valence-electron chi connectivity index (χ4n) is 2.38. The van der Waals surface area contributed by atoms with E-state index in [2.05, 4.69) is 15.3 Å². The number of carbonyl (C=O) groups is 2. The Kier molecular flexibility index (Phi) is 5.43. The van der Waals surface area contributed by atoms with Crippen LogP contribution in [0.4, 0.5) is 5.82 Å². The van der Waals surface area contributed by atoms with E-state index in [1.54, 1.807) is 24.3 Å². The molecule has 7 nitrogen and oxygen atoms in total. The number of hydrogen-bond acceptors (Lipinski definition) is 5. The molecule has 2 heterocycles. The summed E-state index contributed by atoms with van der Waals surface area (Å²) in [6.07, 6.45) is 0.173. The monoisotopic (exact) mass is 405 g/mol. The Labute approximate surface area is 163 Å². The minimum atomic E-state index is -1.15. The largest absolute Gasteiger partial charge is 0.449 e. The van der Waals surface area contributed by atoms with Crippen LogP contribution in [0, 0.1) is 0 Å². The summed E-state index contributed by atoms with van der Waals surface area (Å²) in [5.74, 6) is -1.33. The minimum absolute atomic E-state index is 0.0663. The van der Waals surface area contributed by atoms with Crippen molar-refractivity contribution in [2.24, 2.45) is 0 Å². The van der Waals surface area contributed by atoms with E-state index in [4.69, 9.17) is 27.9 Å². The second-order valence-electron chi connectivity index (χ2n) is 5.61. The Morgan fingerprint density at radius 2 is 1.96 bits per heavy atom. The third-order valence-electron chi connectivity index (χ3n) is 3.67. The van der Waals surface area contributed by atoms with Gasteiger partial charge in [0.05, 0.1) is 15.6 Å². The van der Waals surface area contributed by atoms with E-state index in [0.29, 0.717) is 15.9 Å². The number of esters is 1. The van der Waals surface area contributed by atoms with Crippen molar-refractivity contribution < 1.29 is 14.3 Å². The first-order valence-corrected chi connectivity index (χ1v) is 8.55. The molecule has 9 heteroatoms. The van der Waals surface area contributed by atoms with Gasteiger partial charge in [-0.3, -0.25) is 9.59 Å². The molecule has 138 valence electrons. The predicted molar refractivity (Wildman–Crippen MR) is 102 cm³/mol. The van der Waals surface area contributed by atoms with Crippen LogP contribution in [0.25, 0.3) is 10.9 Å². The number of aromatic amines is 1. The van der Waals surface area contributed by atoms with Gasteiger partial charge in [0.25, 0.3) is 5.91 Å². The SMILES string of the molecule is C[C@@H](OC(=O)c1cc(=O)[nH]c2ccccc12)C(=O)Nc1ncc(Cl)cc1Cl. The van der Waals surface area contributed by atoms with Gasteiger partial charge in [-0.1, -0.05) is 41.4 Å². The summed E-state index contributed by atoms with van der Waals surface area (Å²) in [6.45, 7) is 1.40. The molecule has 0 bridgehead atoms. The molecule has 1 atom stereocenters. The Bertz CT molecular complexity index is 1100. The lowest BCUT2D eigenvalue weighted by atomic mass is 10.1. The van der Waals surface area contributed by atoms with Crippen LogP contribution >= 0.6 is 23.2 Å². The number of benzene rings is 1. The minimum Gasteiger partial charge on any atom is -0.449 e. The molecule has 0 saturated carbocycles. The zero-order valence-corrected chi connectivity index (χ0v) is 15.5. The van der Waals surface area contributed by atoms with Crippen molar-refractivity contribution in [2.75, 3.05) is 5.32 Å². The van der Waals surface area contributed by atoms with Crippen LogP contribution in [0.5, 0.6) is 0 Å².